The summed E-state index contributed by atoms with van der Waals surface area (Å²) in [7, 11) is 0. The maximum atomic E-state index is 12.7. The fourth-order valence-electron chi connectivity index (χ4n) is 2.36. The zero-order valence-electron chi connectivity index (χ0n) is 14.7. The van der Waals surface area contributed by atoms with Crippen LogP contribution in [-0.2, 0) is 22.5 Å². The second-order valence-corrected chi connectivity index (χ2v) is 7.60. The molecule has 0 aliphatic heterocycles. The highest BCUT2D eigenvalue weighted by molar-refractivity contribution is 7.10. The van der Waals surface area contributed by atoms with Crippen LogP contribution in [0.1, 0.15) is 53.5 Å². The summed E-state index contributed by atoms with van der Waals surface area (Å²) in [6.07, 6.45) is 3.59. The standard InChI is InChI=1S/C18H24N2O3S2/c1-3-5-6-9-20(17(21)11-14-8-7-10-24-14)12-16-19-15(13-25-16)18(22)23-4-2/h7-8,10,13H,3-6,9,11-12H2,1-2H3. The van der Waals surface area contributed by atoms with E-state index in [1.807, 2.05) is 22.4 Å². The van der Waals surface area contributed by atoms with Gasteiger partial charge in [0, 0.05) is 16.8 Å². The van der Waals surface area contributed by atoms with Crippen LogP contribution in [0.3, 0.4) is 0 Å². The lowest BCUT2D eigenvalue weighted by Crippen LogP contribution is -2.32. The van der Waals surface area contributed by atoms with Gasteiger partial charge in [-0.1, -0.05) is 25.8 Å². The summed E-state index contributed by atoms with van der Waals surface area (Å²) in [5.41, 5.74) is 0.320. The molecule has 0 aromatic carbocycles. The van der Waals surface area contributed by atoms with Crippen LogP contribution < -0.4 is 0 Å². The number of aromatic nitrogens is 1. The van der Waals surface area contributed by atoms with Gasteiger partial charge in [0.2, 0.25) is 5.91 Å². The molecule has 2 aromatic heterocycles. The molecule has 25 heavy (non-hydrogen) atoms. The minimum atomic E-state index is -0.410. The fraction of sp³-hybridized carbons (Fsp3) is 0.500. The Morgan fingerprint density at radius 2 is 2.08 bits per heavy atom. The van der Waals surface area contributed by atoms with E-state index in [4.69, 9.17) is 4.74 Å². The summed E-state index contributed by atoms with van der Waals surface area (Å²) in [5.74, 6) is -0.307. The number of hydrogen-bond donors (Lipinski definition) is 0. The van der Waals surface area contributed by atoms with Crippen LogP contribution in [-0.4, -0.2) is 34.9 Å². The highest BCUT2D eigenvalue weighted by Gasteiger charge is 2.18. The van der Waals surface area contributed by atoms with Crippen molar-refractivity contribution in [3.05, 3.63) is 38.5 Å². The van der Waals surface area contributed by atoms with Gasteiger partial charge in [0.1, 0.15) is 5.01 Å². The summed E-state index contributed by atoms with van der Waals surface area (Å²) in [6, 6.07) is 3.94. The summed E-state index contributed by atoms with van der Waals surface area (Å²) < 4.78 is 4.97. The third kappa shape index (κ3) is 6.25. The molecule has 0 saturated heterocycles. The van der Waals surface area contributed by atoms with Crippen molar-refractivity contribution in [3.63, 3.8) is 0 Å². The topological polar surface area (TPSA) is 59.5 Å². The van der Waals surface area contributed by atoms with E-state index in [-0.39, 0.29) is 5.91 Å². The number of amides is 1. The summed E-state index contributed by atoms with van der Waals surface area (Å²) in [5, 5.41) is 4.44. The lowest BCUT2D eigenvalue weighted by Gasteiger charge is -2.21. The van der Waals surface area contributed by atoms with Gasteiger partial charge in [0.25, 0.3) is 0 Å². The predicted molar refractivity (Wildman–Crippen MR) is 101 cm³/mol. The predicted octanol–water partition coefficient (Wildman–Crippen LogP) is 4.14. The molecule has 0 aliphatic rings. The first-order valence-corrected chi connectivity index (χ1v) is 10.3. The van der Waals surface area contributed by atoms with Crippen molar-refractivity contribution in [2.45, 2.75) is 46.1 Å². The summed E-state index contributed by atoms with van der Waals surface area (Å²) >= 11 is 2.99. The minimum absolute atomic E-state index is 0.103. The van der Waals surface area contributed by atoms with E-state index >= 15 is 0 Å². The van der Waals surface area contributed by atoms with Gasteiger partial charge in [0.15, 0.2) is 5.69 Å². The van der Waals surface area contributed by atoms with Crippen LogP contribution in [0.4, 0.5) is 0 Å². The Morgan fingerprint density at radius 3 is 2.76 bits per heavy atom. The van der Waals surface area contributed by atoms with E-state index in [1.165, 1.54) is 11.3 Å². The second kappa shape index (κ2) is 10.3. The summed E-state index contributed by atoms with van der Waals surface area (Å²) in [6.45, 7) is 5.40. The van der Waals surface area contributed by atoms with Gasteiger partial charge in [-0.05, 0) is 24.8 Å². The Morgan fingerprint density at radius 1 is 1.24 bits per heavy atom. The molecule has 0 radical (unpaired) electrons. The highest BCUT2D eigenvalue weighted by Crippen LogP contribution is 2.17. The average molecular weight is 381 g/mol. The van der Waals surface area contributed by atoms with Crippen LogP contribution in [0, 0.1) is 0 Å². The van der Waals surface area contributed by atoms with Gasteiger partial charge in [-0.2, -0.15) is 0 Å². The monoisotopic (exact) mass is 380 g/mol. The minimum Gasteiger partial charge on any atom is -0.461 e. The van der Waals surface area contributed by atoms with Crippen molar-refractivity contribution in [1.82, 2.24) is 9.88 Å². The van der Waals surface area contributed by atoms with Gasteiger partial charge < -0.3 is 9.64 Å². The maximum Gasteiger partial charge on any atom is 0.357 e. The summed E-state index contributed by atoms with van der Waals surface area (Å²) in [4.78, 5) is 31.7. The molecule has 2 heterocycles. The highest BCUT2D eigenvalue weighted by atomic mass is 32.1. The Balaban J connectivity index is 2.02. The normalized spacial score (nSPS) is 10.6. The second-order valence-electron chi connectivity index (χ2n) is 5.63. The van der Waals surface area contributed by atoms with Crippen LogP contribution >= 0.6 is 22.7 Å². The molecule has 1 amide bonds. The quantitative estimate of drug-likeness (QED) is 0.459. The van der Waals surface area contributed by atoms with E-state index in [2.05, 4.69) is 11.9 Å². The number of unbranched alkanes of at least 4 members (excludes halogenated alkanes) is 2. The van der Waals surface area contributed by atoms with Crippen molar-refractivity contribution >= 4 is 34.6 Å². The van der Waals surface area contributed by atoms with Crippen LogP contribution in [0.2, 0.25) is 0 Å². The molecule has 0 aliphatic carbocycles. The van der Waals surface area contributed by atoms with Gasteiger partial charge in [-0.25, -0.2) is 9.78 Å². The Kier molecular flexibility index (Phi) is 8.08. The maximum absolute atomic E-state index is 12.7. The number of ether oxygens (including phenoxy) is 1. The van der Waals surface area contributed by atoms with Gasteiger partial charge >= 0.3 is 5.97 Å². The zero-order valence-corrected chi connectivity index (χ0v) is 16.3. The number of esters is 1. The van der Waals surface area contributed by atoms with E-state index < -0.39 is 5.97 Å². The lowest BCUT2D eigenvalue weighted by molar-refractivity contribution is -0.131. The molecule has 0 spiro atoms. The first-order chi connectivity index (χ1) is 12.1. The molecule has 7 heteroatoms. The van der Waals surface area contributed by atoms with E-state index in [1.54, 1.807) is 23.6 Å². The van der Waals surface area contributed by atoms with Gasteiger partial charge in [0.05, 0.1) is 19.6 Å². The molecule has 0 unspecified atom stereocenters. The first kappa shape index (κ1) is 19.6. The van der Waals surface area contributed by atoms with Crippen molar-refractivity contribution in [3.8, 4) is 0 Å². The third-order valence-corrected chi connectivity index (χ3v) is 5.36. The number of thiophene rings is 1. The molecule has 0 atom stereocenters. The van der Waals surface area contributed by atoms with E-state index in [0.717, 1.165) is 29.1 Å². The molecule has 0 N–H and O–H groups in total. The lowest BCUT2D eigenvalue weighted by atomic mass is 10.2. The molecule has 136 valence electrons. The van der Waals surface area contributed by atoms with Crippen molar-refractivity contribution in [2.75, 3.05) is 13.2 Å². The number of carbonyl (C=O) groups excluding carboxylic acids is 2. The molecule has 2 rings (SSSR count). The first-order valence-electron chi connectivity index (χ1n) is 8.55. The van der Waals surface area contributed by atoms with E-state index in [9.17, 15) is 9.59 Å². The Bertz CT molecular complexity index is 668. The number of carbonyl (C=O) groups is 2. The van der Waals surface area contributed by atoms with Gasteiger partial charge in [-0.3, -0.25) is 4.79 Å². The van der Waals surface area contributed by atoms with Crippen molar-refractivity contribution in [1.29, 1.82) is 0 Å². The molecular weight excluding hydrogens is 356 g/mol. The van der Waals surface area contributed by atoms with Gasteiger partial charge in [-0.15, -0.1) is 22.7 Å². The van der Waals surface area contributed by atoms with Crippen molar-refractivity contribution in [2.24, 2.45) is 0 Å². The molecule has 0 saturated carbocycles. The van der Waals surface area contributed by atoms with Crippen molar-refractivity contribution < 1.29 is 14.3 Å². The Hall–Kier alpha value is -1.73. The number of nitrogens with zero attached hydrogens (tertiary/aromatic N) is 2. The molecule has 5 nitrogen and oxygen atoms in total. The number of rotatable bonds is 10. The SMILES string of the molecule is CCCCCN(Cc1nc(C(=O)OCC)cs1)C(=O)Cc1cccs1. The molecule has 0 fully saturated rings. The number of hydrogen-bond acceptors (Lipinski definition) is 6. The molecule has 2 aromatic rings. The largest absolute Gasteiger partial charge is 0.461 e. The smallest absolute Gasteiger partial charge is 0.357 e. The van der Waals surface area contributed by atoms with Crippen LogP contribution in [0.5, 0.6) is 0 Å². The molecular formula is C18H24N2O3S2. The van der Waals surface area contributed by atoms with Crippen LogP contribution in [0.15, 0.2) is 22.9 Å². The van der Waals surface area contributed by atoms with E-state index in [0.29, 0.717) is 31.8 Å². The number of thiazole rings is 1. The Labute approximate surface area is 156 Å². The van der Waals surface area contributed by atoms with Crippen LogP contribution in [0.25, 0.3) is 0 Å². The fourth-order valence-corrected chi connectivity index (χ4v) is 3.84. The average Bonchev–Trinajstić information content (AvgIpc) is 3.26. The third-order valence-electron chi connectivity index (χ3n) is 3.65. The zero-order chi connectivity index (χ0) is 18.1. The molecule has 0 bridgehead atoms.